The third kappa shape index (κ3) is 4.70. The zero-order chi connectivity index (χ0) is 24.5. The monoisotopic (exact) mass is 486 g/mol. The van der Waals surface area contributed by atoms with Gasteiger partial charge in [0.15, 0.2) is 0 Å². The van der Waals surface area contributed by atoms with Gasteiger partial charge in [-0.25, -0.2) is 14.1 Å². The molecular weight excluding hydrogens is 451 g/mol. The summed E-state index contributed by atoms with van der Waals surface area (Å²) in [4.78, 5) is 10.4. The summed E-state index contributed by atoms with van der Waals surface area (Å²) in [5.41, 5.74) is 5.27. The predicted octanol–water partition coefficient (Wildman–Crippen LogP) is 5.03. The highest BCUT2D eigenvalue weighted by atomic mass is 19.1. The second-order valence-electron chi connectivity index (χ2n) is 10.2. The Kier molecular flexibility index (Phi) is 6.59. The molecule has 0 aliphatic carbocycles. The van der Waals surface area contributed by atoms with Gasteiger partial charge in [0.2, 0.25) is 0 Å². The highest BCUT2D eigenvalue weighted by molar-refractivity contribution is 5.77. The quantitative estimate of drug-likeness (QED) is 0.367. The van der Waals surface area contributed by atoms with Crippen molar-refractivity contribution >= 4 is 11.0 Å². The lowest BCUT2D eigenvalue weighted by molar-refractivity contribution is 0.122. The van der Waals surface area contributed by atoms with Crippen LogP contribution in [-0.4, -0.2) is 61.4 Å². The molecule has 2 saturated heterocycles. The number of halogens is 1. The molecule has 0 unspecified atom stereocenters. The Balaban J connectivity index is 1.18. The Hall–Kier alpha value is -3.03. The molecule has 6 rings (SSSR count). The van der Waals surface area contributed by atoms with Crippen molar-refractivity contribution in [3.05, 3.63) is 77.6 Å². The molecule has 4 aromatic rings. The van der Waals surface area contributed by atoms with Gasteiger partial charge in [-0.15, -0.1) is 0 Å². The third-order valence-corrected chi connectivity index (χ3v) is 7.94. The Morgan fingerprint density at radius 3 is 2.58 bits per heavy atom. The lowest BCUT2D eigenvalue weighted by Crippen LogP contribution is -2.43. The Morgan fingerprint density at radius 2 is 1.81 bits per heavy atom. The maximum Gasteiger partial charge on any atom is 0.125 e. The number of imidazole rings is 1. The number of likely N-dealkylation sites (tertiary alicyclic amines) is 2. The van der Waals surface area contributed by atoms with Crippen LogP contribution in [0.3, 0.4) is 0 Å². The average molecular weight is 487 g/mol. The zero-order valence-corrected chi connectivity index (χ0v) is 21.1. The van der Waals surface area contributed by atoms with Crippen molar-refractivity contribution < 1.29 is 4.39 Å². The van der Waals surface area contributed by atoms with E-state index in [2.05, 4.69) is 44.6 Å². The minimum atomic E-state index is -0.262. The van der Waals surface area contributed by atoms with Crippen LogP contribution < -0.4 is 0 Å². The summed E-state index contributed by atoms with van der Waals surface area (Å²) < 4.78 is 17.9. The van der Waals surface area contributed by atoms with E-state index >= 15 is 0 Å². The summed E-state index contributed by atoms with van der Waals surface area (Å²) in [5, 5.41) is 4.45. The van der Waals surface area contributed by atoms with Crippen LogP contribution in [0.15, 0.2) is 54.7 Å². The molecule has 2 aromatic carbocycles. The molecule has 2 aliphatic rings. The van der Waals surface area contributed by atoms with Gasteiger partial charge in [-0.05, 0) is 101 Å². The molecule has 2 aromatic heterocycles. The van der Waals surface area contributed by atoms with Gasteiger partial charge in [-0.2, -0.15) is 5.10 Å². The van der Waals surface area contributed by atoms with E-state index in [4.69, 9.17) is 4.98 Å². The highest BCUT2D eigenvalue weighted by Gasteiger charge is 2.26. The first-order valence-electron chi connectivity index (χ1n) is 13.4. The molecule has 6 nitrogen and oxygen atoms in total. The van der Waals surface area contributed by atoms with Crippen LogP contribution in [0.2, 0.25) is 0 Å². The molecule has 188 valence electrons. The fourth-order valence-electron chi connectivity index (χ4n) is 6.09. The average Bonchev–Trinajstić information content (AvgIpc) is 3.65. The van der Waals surface area contributed by atoms with Gasteiger partial charge in [-0.3, -0.25) is 4.90 Å². The number of hydrogen-bond donors (Lipinski definition) is 0. The van der Waals surface area contributed by atoms with Crippen molar-refractivity contribution in [3.63, 3.8) is 0 Å². The maximum absolute atomic E-state index is 13.8. The minimum absolute atomic E-state index is 0.262. The predicted molar refractivity (Wildman–Crippen MR) is 141 cm³/mol. The normalized spacial score (nSPS) is 17.9. The number of hydrogen-bond acceptors (Lipinski definition) is 4. The first-order chi connectivity index (χ1) is 17.7. The second kappa shape index (κ2) is 10.1. The first-order valence-corrected chi connectivity index (χ1v) is 13.4. The molecule has 0 N–H and O–H groups in total. The molecule has 7 heteroatoms. The van der Waals surface area contributed by atoms with Crippen LogP contribution in [0.4, 0.5) is 4.39 Å². The molecule has 4 heterocycles. The molecule has 0 bridgehead atoms. The Labute approximate surface area is 212 Å². The summed E-state index contributed by atoms with van der Waals surface area (Å²) in [6, 6.07) is 16.1. The van der Waals surface area contributed by atoms with Gasteiger partial charge in [0.05, 0.1) is 22.4 Å². The SMILES string of the molecule is CCn1c(Cc2ccnn2-c2cccc(F)c2)nc2cc(CN3CCC(N4CCCC4)CC3)ccc21. The lowest BCUT2D eigenvalue weighted by atomic mass is 10.0. The van der Waals surface area contributed by atoms with E-state index in [1.165, 1.54) is 75.1 Å². The topological polar surface area (TPSA) is 42.1 Å². The third-order valence-electron chi connectivity index (χ3n) is 7.94. The lowest BCUT2D eigenvalue weighted by Gasteiger charge is -2.36. The van der Waals surface area contributed by atoms with Gasteiger partial charge in [0.25, 0.3) is 0 Å². The van der Waals surface area contributed by atoms with Crippen molar-refractivity contribution in [2.75, 3.05) is 26.2 Å². The minimum Gasteiger partial charge on any atom is -0.328 e. The van der Waals surface area contributed by atoms with E-state index in [-0.39, 0.29) is 5.82 Å². The first kappa shape index (κ1) is 23.4. The molecule has 0 saturated carbocycles. The van der Waals surface area contributed by atoms with Gasteiger partial charge in [0.1, 0.15) is 11.6 Å². The van der Waals surface area contributed by atoms with Crippen LogP contribution in [0, 0.1) is 5.82 Å². The smallest absolute Gasteiger partial charge is 0.125 e. The number of benzene rings is 2. The Bertz CT molecular complexity index is 1330. The van der Waals surface area contributed by atoms with Crippen LogP contribution in [0.1, 0.15) is 49.7 Å². The van der Waals surface area contributed by atoms with Crippen molar-refractivity contribution in [2.24, 2.45) is 0 Å². The molecule has 0 radical (unpaired) electrons. The van der Waals surface area contributed by atoms with E-state index < -0.39 is 0 Å². The standard InChI is InChI=1S/C29H35FN6/c1-2-35-28-9-8-22(21-33-16-11-24(12-17-33)34-14-3-4-15-34)18-27(28)32-29(35)20-26-10-13-31-36(26)25-7-5-6-23(30)19-25/h5-10,13,18-19,24H,2-4,11-12,14-17,20-21H2,1H3. The van der Waals surface area contributed by atoms with Crippen molar-refractivity contribution in [1.82, 2.24) is 29.1 Å². The molecule has 36 heavy (non-hydrogen) atoms. The van der Waals surface area contributed by atoms with Gasteiger partial charge in [-0.1, -0.05) is 12.1 Å². The van der Waals surface area contributed by atoms with E-state index in [1.807, 2.05) is 12.1 Å². The molecular formula is C29H35FN6. The zero-order valence-electron chi connectivity index (χ0n) is 21.1. The van der Waals surface area contributed by atoms with E-state index in [9.17, 15) is 4.39 Å². The fraction of sp³-hybridized carbons (Fsp3) is 0.448. The molecule has 2 fully saturated rings. The highest BCUT2D eigenvalue weighted by Crippen LogP contribution is 2.25. The van der Waals surface area contributed by atoms with E-state index in [0.29, 0.717) is 6.42 Å². The van der Waals surface area contributed by atoms with E-state index in [1.54, 1.807) is 16.9 Å². The van der Waals surface area contributed by atoms with Gasteiger partial charge >= 0.3 is 0 Å². The summed E-state index contributed by atoms with van der Waals surface area (Å²) in [7, 11) is 0. The molecule has 0 spiro atoms. The van der Waals surface area contributed by atoms with Gasteiger partial charge < -0.3 is 9.47 Å². The fourth-order valence-corrected chi connectivity index (χ4v) is 6.09. The molecule has 0 amide bonds. The summed E-state index contributed by atoms with van der Waals surface area (Å²) in [6.45, 7) is 8.95. The summed E-state index contributed by atoms with van der Waals surface area (Å²) in [6.07, 6.45) is 7.73. The van der Waals surface area contributed by atoms with Crippen LogP contribution in [-0.2, 0) is 19.5 Å². The van der Waals surface area contributed by atoms with Crippen molar-refractivity contribution in [3.8, 4) is 5.69 Å². The number of aryl methyl sites for hydroxylation is 1. The number of nitrogens with zero attached hydrogens (tertiary/aromatic N) is 6. The molecule has 0 atom stereocenters. The number of aromatic nitrogens is 4. The second-order valence-corrected chi connectivity index (χ2v) is 10.2. The number of rotatable bonds is 7. The maximum atomic E-state index is 13.8. The van der Waals surface area contributed by atoms with Gasteiger partial charge in [0, 0.05) is 31.7 Å². The van der Waals surface area contributed by atoms with Crippen molar-refractivity contribution in [2.45, 2.75) is 58.2 Å². The Morgan fingerprint density at radius 1 is 0.972 bits per heavy atom. The summed E-state index contributed by atoms with van der Waals surface area (Å²) in [5.74, 6) is 0.747. The summed E-state index contributed by atoms with van der Waals surface area (Å²) >= 11 is 0. The van der Waals surface area contributed by atoms with E-state index in [0.717, 1.165) is 41.9 Å². The molecule has 2 aliphatic heterocycles. The van der Waals surface area contributed by atoms with Crippen LogP contribution in [0.25, 0.3) is 16.7 Å². The van der Waals surface area contributed by atoms with Crippen LogP contribution in [0.5, 0.6) is 0 Å². The largest absolute Gasteiger partial charge is 0.328 e. The number of fused-ring (bicyclic) bond motifs is 1. The van der Waals surface area contributed by atoms with Crippen molar-refractivity contribution in [1.29, 1.82) is 0 Å². The number of piperidine rings is 1. The van der Waals surface area contributed by atoms with Crippen LogP contribution >= 0.6 is 0 Å².